The lowest BCUT2D eigenvalue weighted by atomic mass is 10.1. The fraction of sp³-hybridized carbons (Fsp3) is 0.0526. The van der Waals surface area contributed by atoms with Crippen LogP contribution in [0.5, 0.6) is 0 Å². The van der Waals surface area contributed by atoms with Gasteiger partial charge < -0.3 is 4.42 Å². The van der Waals surface area contributed by atoms with Gasteiger partial charge in [-0.3, -0.25) is 4.99 Å². The van der Waals surface area contributed by atoms with Gasteiger partial charge in [-0.25, -0.2) is 0 Å². The molecule has 2 aromatic carbocycles. The minimum Gasteiger partial charge on any atom is -0.455 e. The molecule has 0 aliphatic heterocycles. The van der Waals surface area contributed by atoms with Crippen molar-refractivity contribution in [1.82, 2.24) is 0 Å². The second-order valence-electron chi connectivity index (χ2n) is 5.03. The van der Waals surface area contributed by atoms with Gasteiger partial charge in [0.2, 0.25) is 0 Å². The summed E-state index contributed by atoms with van der Waals surface area (Å²) >= 11 is 6.08. The van der Waals surface area contributed by atoms with Crippen molar-refractivity contribution < 1.29 is 4.42 Å². The van der Waals surface area contributed by atoms with Gasteiger partial charge >= 0.3 is 0 Å². The van der Waals surface area contributed by atoms with Gasteiger partial charge in [-0.05, 0) is 61.0 Å². The summed E-state index contributed by atoms with van der Waals surface area (Å²) in [5.41, 5.74) is 3.29. The number of aliphatic imine (C=N–C) groups is 1. The van der Waals surface area contributed by atoms with Crippen LogP contribution in [-0.4, -0.2) is 6.21 Å². The van der Waals surface area contributed by atoms with Crippen LogP contribution in [0.4, 0.5) is 5.69 Å². The third-order valence-electron chi connectivity index (χ3n) is 3.50. The maximum Gasteiger partial charge on any atom is 0.145 e. The van der Waals surface area contributed by atoms with Gasteiger partial charge in [0.15, 0.2) is 0 Å². The molecule has 1 heterocycles. The Balaban J connectivity index is 1.83. The van der Waals surface area contributed by atoms with Crippen molar-refractivity contribution in [2.24, 2.45) is 4.99 Å². The molecule has 0 saturated carbocycles. The van der Waals surface area contributed by atoms with Crippen molar-refractivity contribution in [3.8, 4) is 17.4 Å². The highest BCUT2D eigenvalue weighted by atomic mass is 35.5. The van der Waals surface area contributed by atoms with Crippen molar-refractivity contribution in [2.45, 2.75) is 6.92 Å². The third kappa shape index (κ3) is 3.33. The van der Waals surface area contributed by atoms with Crippen LogP contribution in [0.25, 0.3) is 11.3 Å². The van der Waals surface area contributed by atoms with E-state index in [2.05, 4.69) is 11.1 Å². The Labute approximate surface area is 139 Å². The van der Waals surface area contributed by atoms with Gasteiger partial charge in [0.25, 0.3) is 0 Å². The number of furan rings is 1. The Morgan fingerprint density at radius 1 is 1.09 bits per heavy atom. The minimum atomic E-state index is 0.624. The van der Waals surface area contributed by atoms with E-state index < -0.39 is 0 Å². The van der Waals surface area contributed by atoms with Crippen LogP contribution in [0.3, 0.4) is 0 Å². The number of nitrogens with zero attached hydrogens (tertiary/aromatic N) is 2. The molecular weight excluding hydrogens is 308 g/mol. The van der Waals surface area contributed by atoms with Crippen molar-refractivity contribution in [3.05, 3.63) is 76.5 Å². The highest BCUT2D eigenvalue weighted by Crippen LogP contribution is 2.26. The summed E-state index contributed by atoms with van der Waals surface area (Å²) in [7, 11) is 0. The van der Waals surface area contributed by atoms with Crippen molar-refractivity contribution >= 4 is 23.5 Å². The molecule has 0 saturated heterocycles. The van der Waals surface area contributed by atoms with Crippen LogP contribution in [0.1, 0.15) is 16.9 Å². The van der Waals surface area contributed by atoms with Crippen molar-refractivity contribution in [2.75, 3.05) is 0 Å². The molecule has 23 heavy (non-hydrogen) atoms. The number of halogens is 1. The van der Waals surface area contributed by atoms with E-state index in [1.54, 1.807) is 18.3 Å². The van der Waals surface area contributed by atoms with E-state index in [1.807, 2.05) is 49.4 Å². The number of hydrogen-bond donors (Lipinski definition) is 0. The van der Waals surface area contributed by atoms with Crippen molar-refractivity contribution in [1.29, 1.82) is 5.26 Å². The Morgan fingerprint density at radius 3 is 2.61 bits per heavy atom. The average molecular weight is 321 g/mol. The second kappa shape index (κ2) is 6.51. The normalized spacial score (nSPS) is 10.8. The quantitative estimate of drug-likeness (QED) is 0.596. The molecule has 0 aliphatic carbocycles. The summed E-state index contributed by atoms with van der Waals surface area (Å²) in [5, 5.41) is 9.52. The topological polar surface area (TPSA) is 49.3 Å². The Kier molecular flexibility index (Phi) is 4.27. The molecule has 1 aromatic heterocycles. The number of benzene rings is 2. The Morgan fingerprint density at radius 2 is 1.87 bits per heavy atom. The van der Waals surface area contributed by atoms with Gasteiger partial charge in [0, 0.05) is 10.6 Å². The maximum absolute atomic E-state index is 8.82. The molecule has 0 bridgehead atoms. The molecule has 0 amide bonds. The second-order valence-corrected chi connectivity index (χ2v) is 5.44. The van der Waals surface area contributed by atoms with Gasteiger partial charge in [0.1, 0.15) is 11.5 Å². The van der Waals surface area contributed by atoms with E-state index in [-0.39, 0.29) is 0 Å². The monoisotopic (exact) mass is 320 g/mol. The lowest BCUT2D eigenvalue weighted by Crippen LogP contribution is -1.79. The summed E-state index contributed by atoms with van der Waals surface area (Å²) in [4.78, 5) is 4.42. The van der Waals surface area contributed by atoms with Crippen LogP contribution in [0.15, 0.2) is 64.0 Å². The zero-order chi connectivity index (χ0) is 16.2. The lowest BCUT2D eigenvalue weighted by Gasteiger charge is -2.00. The fourth-order valence-corrected chi connectivity index (χ4v) is 2.33. The van der Waals surface area contributed by atoms with Gasteiger partial charge in [-0.15, -0.1) is 0 Å². The first-order chi connectivity index (χ1) is 11.2. The molecular formula is C19H13ClN2O. The molecule has 3 aromatic rings. The first-order valence-corrected chi connectivity index (χ1v) is 7.45. The van der Waals surface area contributed by atoms with Gasteiger partial charge in [-0.1, -0.05) is 17.7 Å². The summed E-state index contributed by atoms with van der Waals surface area (Å²) in [5.74, 6) is 1.39. The molecule has 0 aliphatic rings. The average Bonchev–Trinajstić information content (AvgIpc) is 3.05. The van der Waals surface area contributed by atoms with Crippen LogP contribution in [0, 0.1) is 18.3 Å². The molecule has 0 atom stereocenters. The van der Waals surface area contributed by atoms with Crippen LogP contribution in [-0.2, 0) is 0 Å². The van der Waals surface area contributed by atoms with Crippen LogP contribution < -0.4 is 0 Å². The molecule has 112 valence electrons. The number of nitriles is 1. The van der Waals surface area contributed by atoms with Crippen LogP contribution in [0.2, 0.25) is 5.02 Å². The molecule has 0 fully saturated rings. The molecule has 0 unspecified atom stereocenters. The summed E-state index contributed by atoms with van der Waals surface area (Å²) < 4.78 is 5.77. The molecule has 0 N–H and O–H groups in total. The smallest absolute Gasteiger partial charge is 0.145 e. The summed E-state index contributed by atoms with van der Waals surface area (Å²) in [6.45, 7) is 1.93. The van der Waals surface area contributed by atoms with E-state index in [0.29, 0.717) is 16.3 Å². The highest BCUT2D eigenvalue weighted by Gasteiger charge is 2.04. The molecule has 4 heteroatoms. The highest BCUT2D eigenvalue weighted by molar-refractivity contribution is 6.31. The predicted molar refractivity (Wildman–Crippen MR) is 92.3 cm³/mol. The van der Waals surface area contributed by atoms with E-state index in [4.69, 9.17) is 21.3 Å². The van der Waals surface area contributed by atoms with Crippen LogP contribution >= 0.6 is 11.6 Å². The Hall–Kier alpha value is -2.83. The summed E-state index contributed by atoms with van der Waals surface area (Å²) in [6, 6.07) is 18.7. The zero-order valence-electron chi connectivity index (χ0n) is 12.5. The van der Waals surface area contributed by atoms with Gasteiger partial charge in [-0.2, -0.15) is 5.26 Å². The fourth-order valence-electron chi connectivity index (χ4n) is 2.16. The first kappa shape index (κ1) is 15.1. The maximum atomic E-state index is 8.82. The van der Waals surface area contributed by atoms with E-state index in [9.17, 15) is 0 Å². The first-order valence-electron chi connectivity index (χ1n) is 7.07. The standard InChI is InChI=1S/C19H13ClN2O/c1-13-17(20)3-2-4-18(13)22-12-16-9-10-19(23-16)15-7-5-14(11-21)6-8-15/h2-10,12H,1H3. The summed E-state index contributed by atoms with van der Waals surface area (Å²) in [6.07, 6.45) is 1.67. The number of hydrogen-bond acceptors (Lipinski definition) is 3. The molecule has 3 nitrogen and oxygen atoms in total. The SMILES string of the molecule is Cc1c(Cl)cccc1N=Cc1ccc(-c2ccc(C#N)cc2)o1. The van der Waals surface area contributed by atoms with E-state index in [0.717, 1.165) is 22.6 Å². The zero-order valence-corrected chi connectivity index (χ0v) is 13.2. The van der Waals surface area contributed by atoms with Gasteiger partial charge in [0.05, 0.1) is 23.5 Å². The third-order valence-corrected chi connectivity index (χ3v) is 3.90. The minimum absolute atomic E-state index is 0.624. The number of rotatable bonds is 3. The van der Waals surface area contributed by atoms with E-state index >= 15 is 0 Å². The lowest BCUT2D eigenvalue weighted by molar-refractivity contribution is 0.575. The predicted octanol–water partition coefficient (Wildman–Crippen LogP) is 5.53. The van der Waals surface area contributed by atoms with E-state index in [1.165, 1.54) is 0 Å². The molecule has 0 spiro atoms. The molecule has 3 rings (SSSR count). The largest absolute Gasteiger partial charge is 0.455 e. The molecule has 0 radical (unpaired) electrons. The Bertz CT molecular complexity index is 902. The van der Waals surface area contributed by atoms with Crippen molar-refractivity contribution in [3.63, 3.8) is 0 Å².